The maximum Gasteiger partial charge on any atom is 0.311 e. The minimum atomic E-state index is -0.649. The quantitative estimate of drug-likeness (QED) is 0.493. The maximum absolute atomic E-state index is 11.8. The van der Waals surface area contributed by atoms with Gasteiger partial charge in [0, 0.05) is 12.3 Å². The Bertz CT molecular complexity index is 760. The molecule has 1 aromatic carbocycles. The average Bonchev–Trinajstić information content (AvgIpc) is 2.92. The first-order valence-electron chi connectivity index (χ1n) is 7.66. The zero-order chi connectivity index (χ0) is 17.3. The number of rotatable bonds is 4. The first-order valence-corrected chi connectivity index (χ1v) is 8.54. The van der Waals surface area contributed by atoms with Crippen molar-refractivity contribution in [3.8, 4) is 5.75 Å². The van der Waals surface area contributed by atoms with Gasteiger partial charge in [0.2, 0.25) is 5.91 Å². The van der Waals surface area contributed by atoms with Gasteiger partial charge in [-0.2, -0.15) is 0 Å². The number of amides is 1. The van der Waals surface area contributed by atoms with E-state index in [0.717, 1.165) is 31.3 Å². The molecule has 1 aliphatic heterocycles. The van der Waals surface area contributed by atoms with Gasteiger partial charge in [-0.05, 0) is 53.9 Å². The van der Waals surface area contributed by atoms with Crippen molar-refractivity contribution >= 4 is 29.6 Å². The number of phenolic OH excluding ortho intramolecular Hbond substituents is 1. The minimum absolute atomic E-state index is 0.321. The van der Waals surface area contributed by atoms with Crippen LogP contribution in [0.2, 0.25) is 0 Å². The van der Waals surface area contributed by atoms with E-state index >= 15 is 0 Å². The van der Waals surface area contributed by atoms with E-state index in [-0.39, 0.29) is 22.7 Å². The Balaban J connectivity index is 1.83. The molecular formula is C16H17N3O4S. The van der Waals surface area contributed by atoms with Crippen molar-refractivity contribution in [1.29, 1.82) is 0 Å². The predicted octanol–water partition coefficient (Wildman–Crippen LogP) is 2.72. The standard InChI is InChI=1S/C16H17N3O4S/c17-15(21)14-10-3-1-2-4-13(10)24-16(14)18-8-9-5-6-12(20)11(7-9)19(22)23/h5-8,14,16,20H,1-4H2,(H2,17,21)/b18-8-. The molecule has 3 N–H and O–H groups in total. The topological polar surface area (TPSA) is 119 Å². The molecule has 0 bridgehead atoms. The lowest BCUT2D eigenvalue weighted by Gasteiger charge is -2.17. The fraction of sp³-hybridized carbons (Fsp3) is 0.375. The Morgan fingerprint density at radius 2 is 2.17 bits per heavy atom. The smallest absolute Gasteiger partial charge is 0.311 e. The molecule has 1 heterocycles. The van der Waals surface area contributed by atoms with Crippen molar-refractivity contribution < 1.29 is 14.8 Å². The molecule has 1 aliphatic carbocycles. The van der Waals surface area contributed by atoms with Crippen LogP contribution in [0, 0.1) is 16.0 Å². The highest BCUT2D eigenvalue weighted by molar-refractivity contribution is 8.04. The van der Waals surface area contributed by atoms with Crippen molar-refractivity contribution in [3.63, 3.8) is 0 Å². The summed E-state index contributed by atoms with van der Waals surface area (Å²) in [6.45, 7) is 0. The molecule has 1 amide bonds. The minimum Gasteiger partial charge on any atom is -0.502 e. The maximum atomic E-state index is 11.8. The fourth-order valence-corrected chi connectivity index (χ4v) is 4.60. The zero-order valence-corrected chi connectivity index (χ0v) is 13.7. The Labute approximate surface area is 142 Å². The van der Waals surface area contributed by atoms with Gasteiger partial charge >= 0.3 is 5.69 Å². The highest BCUT2D eigenvalue weighted by atomic mass is 32.2. The monoisotopic (exact) mass is 347 g/mol. The van der Waals surface area contributed by atoms with E-state index in [2.05, 4.69) is 4.99 Å². The number of aromatic hydroxyl groups is 1. The summed E-state index contributed by atoms with van der Waals surface area (Å²) >= 11 is 1.56. The van der Waals surface area contributed by atoms with Gasteiger partial charge in [0.15, 0.2) is 5.75 Å². The zero-order valence-electron chi connectivity index (χ0n) is 12.8. The number of aliphatic imine (C=N–C) groups is 1. The van der Waals surface area contributed by atoms with Crippen LogP contribution >= 0.6 is 11.8 Å². The van der Waals surface area contributed by atoms with Crippen molar-refractivity contribution in [1.82, 2.24) is 0 Å². The van der Waals surface area contributed by atoms with Crippen molar-refractivity contribution in [2.24, 2.45) is 16.6 Å². The van der Waals surface area contributed by atoms with E-state index in [1.807, 2.05) is 0 Å². The number of carbonyl (C=O) groups excluding carboxylic acids is 1. The Morgan fingerprint density at radius 3 is 2.88 bits per heavy atom. The molecule has 0 aromatic heterocycles. The van der Waals surface area contributed by atoms with Gasteiger partial charge in [-0.25, -0.2) is 0 Å². The molecule has 0 saturated carbocycles. The molecule has 24 heavy (non-hydrogen) atoms. The Kier molecular flexibility index (Phi) is 4.57. The van der Waals surface area contributed by atoms with E-state index in [4.69, 9.17) is 5.73 Å². The summed E-state index contributed by atoms with van der Waals surface area (Å²) in [4.78, 5) is 27.7. The second kappa shape index (κ2) is 6.64. The van der Waals surface area contributed by atoms with Crippen LogP contribution in [0.1, 0.15) is 31.2 Å². The molecule has 0 radical (unpaired) electrons. The Morgan fingerprint density at radius 1 is 1.42 bits per heavy atom. The molecule has 3 rings (SSSR count). The van der Waals surface area contributed by atoms with Gasteiger partial charge < -0.3 is 10.8 Å². The van der Waals surface area contributed by atoms with Gasteiger partial charge in [-0.3, -0.25) is 19.9 Å². The van der Waals surface area contributed by atoms with Crippen molar-refractivity contribution in [3.05, 3.63) is 44.4 Å². The van der Waals surface area contributed by atoms with Gasteiger partial charge in [0.1, 0.15) is 5.37 Å². The number of hydrogen-bond acceptors (Lipinski definition) is 6. The van der Waals surface area contributed by atoms with E-state index in [0.29, 0.717) is 5.56 Å². The number of nitrogens with two attached hydrogens (primary N) is 1. The number of nitro groups is 1. The van der Waals surface area contributed by atoms with Crippen LogP contribution in [0.3, 0.4) is 0 Å². The lowest BCUT2D eigenvalue weighted by molar-refractivity contribution is -0.385. The van der Waals surface area contributed by atoms with Crippen LogP contribution in [0.4, 0.5) is 5.69 Å². The van der Waals surface area contributed by atoms with Crippen LogP contribution in [-0.2, 0) is 4.79 Å². The summed E-state index contributed by atoms with van der Waals surface area (Å²) in [6.07, 6.45) is 5.51. The second-order valence-corrected chi connectivity index (χ2v) is 7.04. The van der Waals surface area contributed by atoms with Gasteiger partial charge in [-0.1, -0.05) is 0 Å². The fourth-order valence-electron chi connectivity index (χ4n) is 3.11. The lowest BCUT2D eigenvalue weighted by Crippen LogP contribution is -2.30. The van der Waals surface area contributed by atoms with Crippen LogP contribution in [0.25, 0.3) is 0 Å². The number of primary amides is 1. The number of allylic oxidation sites excluding steroid dienone is 1. The number of benzene rings is 1. The summed E-state index contributed by atoms with van der Waals surface area (Å²) in [5.74, 6) is -1.18. The summed E-state index contributed by atoms with van der Waals surface area (Å²) < 4.78 is 0. The van der Waals surface area contributed by atoms with E-state index in [1.54, 1.807) is 11.8 Å². The SMILES string of the molecule is NC(=O)C1C2=C(CCCC2)SC1/N=C\c1ccc(O)c([N+](=O)[O-])c1. The van der Waals surface area contributed by atoms with Crippen molar-refractivity contribution in [2.45, 2.75) is 31.1 Å². The molecule has 1 aromatic rings. The third-order valence-corrected chi connectivity index (χ3v) is 5.64. The first kappa shape index (κ1) is 16.5. The molecule has 7 nitrogen and oxygen atoms in total. The average molecular weight is 347 g/mol. The first-order chi connectivity index (χ1) is 11.5. The molecular weight excluding hydrogens is 330 g/mol. The van der Waals surface area contributed by atoms with Crippen LogP contribution < -0.4 is 5.73 Å². The highest BCUT2D eigenvalue weighted by Gasteiger charge is 2.39. The van der Waals surface area contributed by atoms with Crippen LogP contribution in [0.15, 0.2) is 33.7 Å². The predicted molar refractivity (Wildman–Crippen MR) is 91.9 cm³/mol. The van der Waals surface area contributed by atoms with Crippen LogP contribution in [-0.4, -0.2) is 27.5 Å². The molecule has 2 unspecified atom stereocenters. The van der Waals surface area contributed by atoms with E-state index in [1.165, 1.54) is 29.3 Å². The van der Waals surface area contributed by atoms with Crippen molar-refractivity contribution in [2.75, 3.05) is 0 Å². The third-order valence-electron chi connectivity index (χ3n) is 4.25. The van der Waals surface area contributed by atoms with E-state index in [9.17, 15) is 20.0 Å². The molecule has 0 fully saturated rings. The molecule has 2 aliphatic rings. The van der Waals surface area contributed by atoms with Gasteiger partial charge in [0.05, 0.1) is 10.8 Å². The summed E-state index contributed by atoms with van der Waals surface area (Å²) in [7, 11) is 0. The normalized spacial score (nSPS) is 23.5. The number of thioether (sulfide) groups is 1. The van der Waals surface area contributed by atoms with Gasteiger partial charge in [-0.15, -0.1) is 11.8 Å². The molecule has 126 valence electrons. The summed E-state index contributed by atoms with van der Waals surface area (Å²) in [5.41, 5.74) is 6.79. The molecule has 0 saturated heterocycles. The van der Waals surface area contributed by atoms with Gasteiger partial charge in [0.25, 0.3) is 0 Å². The number of nitro benzene ring substituents is 1. The van der Waals surface area contributed by atoms with Crippen LogP contribution in [0.5, 0.6) is 5.75 Å². The third kappa shape index (κ3) is 3.14. The Hall–Kier alpha value is -2.35. The number of hydrogen-bond donors (Lipinski definition) is 2. The second-order valence-electron chi connectivity index (χ2n) is 5.83. The number of carbonyl (C=O) groups is 1. The molecule has 0 spiro atoms. The molecule has 8 heteroatoms. The molecule has 2 atom stereocenters. The summed E-state index contributed by atoms with van der Waals surface area (Å²) in [5, 5.41) is 20.0. The summed E-state index contributed by atoms with van der Waals surface area (Å²) in [6, 6.07) is 4.05. The number of phenols is 1. The number of nitrogens with zero attached hydrogens (tertiary/aromatic N) is 2. The largest absolute Gasteiger partial charge is 0.502 e. The van der Waals surface area contributed by atoms with E-state index < -0.39 is 10.8 Å². The highest BCUT2D eigenvalue weighted by Crippen LogP contribution is 2.49. The lowest BCUT2D eigenvalue weighted by atomic mass is 9.89.